The third-order valence-electron chi connectivity index (χ3n) is 3.15. The molecule has 0 atom stereocenters. The summed E-state index contributed by atoms with van der Waals surface area (Å²) < 4.78 is 27.0. The molecule has 0 aliphatic heterocycles. The van der Waals surface area contributed by atoms with Crippen LogP contribution < -0.4 is 4.18 Å². The highest BCUT2D eigenvalue weighted by Gasteiger charge is 2.23. The van der Waals surface area contributed by atoms with Gasteiger partial charge in [0.2, 0.25) is 5.91 Å². The molecule has 1 amide bonds. The van der Waals surface area contributed by atoms with Crippen molar-refractivity contribution in [1.82, 2.24) is 4.90 Å². The van der Waals surface area contributed by atoms with E-state index in [4.69, 9.17) is 4.18 Å². The van der Waals surface area contributed by atoms with Crippen LogP contribution in [0.5, 0.6) is 5.75 Å². The Labute approximate surface area is 139 Å². The maximum absolute atomic E-state index is 12.5. The zero-order valence-electron chi connectivity index (χ0n) is 14.8. The minimum absolute atomic E-state index is 0.0581. The Morgan fingerprint density at radius 2 is 1.70 bits per heavy atom. The third kappa shape index (κ3) is 7.50. The second-order valence-electron chi connectivity index (χ2n) is 7.28. The van der Waals surface area contributed by atoms with Crippen molar-refractivity contribution in [3.8, 4) is 5.75 Å². The Morgan fingerprint density at radius 3 is 2.09 bits per heavy atom. The molecule has 6 heteroatoms. The van der Waals surface area contributed by atoms with Crippen LogP contribution in [0.2, 0.25) is 0 Å². The molecule has 1 aromatic rings. The summed E-state index contributed by atoms with van der Waals surface area (Å²) in [6.45, 7) is 10.6. The Bertz CT molecular complexity index is 628. The molecule has 1 aromatic carbocycles. The van der Waals surface area contributed by atoms with Gasteiger partial charge in [-0.3, -0.25) is 4.79 Å². The fraction of sp³-hybridized carbons (Fsp3) is 0.588. The fourth-order valence-electron chi connectivity index (χ4n) is 2.14. The van der Waals surface area contributed by atoms with Crippen LogP contribution in [0.1, 0.15) is 46.6 Å². The molecule has 0 fully saturated rings. The predicted octanol–water partition coefficient (Wildman–Crippen LogP) is 3.20. The average Bonchev–Trinajstić information content (AvgIpc) is 2.33. The topological polar surface area (TPSA) is 63.7 Å². The third-order valence-corrected chi connectivity index (χ3v) is 3.64. The van der Waals surface area contributed by atoms with Crippen molar-refractivity contribution in [3.05, 3.63) is 29.8 Å². The van der Waals surface area contributed by atoms with Crippen LogP contribution in [0.15, 0.2) is 24.3 Å². The normalized spacial score (nSPS) is 12.3. The van der Waals surface area contributed by atoms with Gasteiger partial charge in [-0.15, -0.1) is 0 Å². The quantitative estimate of drug-likeness (QED) is 0.745. The van der Waals surface area contributed by atoms with Gasteiger partial charge in [0.05, 0.1) is 6.26 Å². The molecule has 0 aliphatic carbocycles. The maximum atomic E-state index is 12.5. The van der Waals surface area contributed by atoms with Crippen molar-refractivity contribution in [2.75, 3.05) is 6.26 Å². The van der Waals surface area contributed by atoms with Gasteiger partial charge in [0, 0.05) is 19.0 Å². The zero-order valence-corrected chi connectivity index (χ0v) is 15.6. The molecule has 0 saturated carbocycles. The Morgan fingerprint density at radius 1 is 1.17 bits per heavy atom. The van der Waals surface area contributed by atoms with Crippen molar-refractivity contribution in [2.45, 2.75) is 53.6 Å². The number of nitrogens with zero attached hydrogens (tertiary/aromatic N) is 1. The SMILES string of the molecule is CC(C)N(Cc1ccc(OS(C)(=O)=O)cc1)C(=O)CC(C)(C)C. The summed E-state index contributed by atoms with van der Waals surface area (Å²) >= 11 is 0. The van der Waals surface area contributed by atoms with E-state index in [-0.39, 0.29) is 23.1 Å². The van der Waals surface area contributed by atoms with E-state index in [2.05, 4.69) is 0 Å². The summed E-state index contributed by atoms with van der Waals surface area (Å²) in [6, 6.07) is 6.85. The molecule has 1 rings (SSSR count). The number of benzene rings is 1. The highest BCUT2D eigenvalue weighted by molar-refractivity contribution is 7.86. The second-order valence-corrected chi connectivity index (χ2v) is 8.86. The van der Waals surface area contributed by atoms with Crippen molar-refractivity contribution < 1.29 is 17.4 Å². The van der Waals surface area contributed by atoms with Crippen LogP contribution >= 0.6 is 0 Å². The molecule has 23 heavy (non-hydrogen) atoms. The molecule has 0 N–H and O–H groups in total. The first kappa shape index (κ1) is 19.5. The van der Waals surface area contributed by atoms with Gasteiger partial charge in [-0.25, -0.2) is 0 Å². The van der Waals surface area contributed by atoms with Crippen molar-refractivity contribution in [3.63, 3.8) is 0 Å². The Kier molecular flexibility index (Phi) is 6.22. The van der Waals surface area contributed by atoms with E-state index in [0.717, 1.165) is 11.8 Å². The van der Waals surface area contributed by atoms with E-state index >= 15 is 0 Å². The first-order valence-electron chi connectivity index (χ1n) is 7.65. The van der Waals surface area contributed by atoms with Crippen LogP contribution in [-0.4, -0.2) is 31.5 Å². The fourth-order valence-corrected chi connectivity index (χ4v) is 2.60. The van der Waals surface area contributed by atoms with Crippen LogP contribution in [0.25, 0.3) is 0 Å². The Hall–Kier alpha value is -1.56. The number of rotatable bonds is 6. The largest absolute Gasteiger partial charge is 0.383 e. The summed E-state index contributed by atoms with van der Waals surface area (Å²) in [5.41, 5.74) is 0.874. The predicted molar refractivity (Wildman–Crippen MR) is 91.7 cm³/mol. The van der Waals surface area contributed by atoms with Gasteiger partial charge in [0.15, 0.2) is 0 Å². The molecule has 0 aliphatic rings. The lowest BCUT2D eigenvalue weighted by Gasteiger charge is -2.30. The summed E-state index contributed by atoms with van der Waals surface area (Å²) in [5.74, 6) is 0.386. The summed E-state index contributed by atoms with van der Waals surface area (Å²) in [7, 11) is -3.52. The van der Waals surface area contributed by atoms with Crippen molar-refractivity contribution >= 4 is 16.0 Å². The first-order chi connectivity index (χ1) is 10.4. The molecular weight excluding hydrogens is 314 g/mol. The van der Waals surface area contributed by atoms with Gasteiger partial charge < -0.3 is 9.08 Å². The minimum Gasteiger partial charge on any atom is -0.383 e. The van der Waals surface area contributed by atoms with Crippen molar-refractivity contribution in [2.24, 2.45) is 5.41 Å². The molecule has 0 unspecified atom stereocenters. The van der Waals surface area contributed by atoms with Gasteiger partial charge in [-0.05, 0) is 37.0 Å². The maximum Gasteiger partial charge on any atom is 0.306 e. The molecule has 130 valence electrons. The molecule has 0 bridgehead atoms. The van der Waals surface area contributed by atoms with E-state index in [1.165, 1.54) is 0 Å². The monoisotopic (exact) mass is 341 g/mol. The van der Waals surface area contributed by atoms with Gasteiger partial charge in [-0.2, -0.15) is 8.42 Å². The summed E-state index contributed by atoms with van der Waals surface area (Å²) in [5, 5.41) is 0. The lowest BCUT2D eigenvalue weighted by Crippen LogP contribution is -2.38. The lowest BCUT2D eigenvalue weighted by atomic mass is 9.91. The van der Waals surface area contributed by atoms with Gasteiger partial charge >= 0.3 is 10.1 Å². The molecule has 0 aromatic heterocycles. The van der Waals surface area contributed by atoms with E-state index < -0.39 is 10.1 Å². The lowest BCUT2D eigenvalue weighted by molar-refractivity contribution is -0.135. The summed E-state index contributed by atoms with van der Waals surface area (Å²) in [4.78, 5) is 14.3. The van der Waals surface area contributed by atoms with E-state index in [0.29, 0.717) is 13.0 Å². The molecule has 0 heterocycles. The highest BCUT2D eigenvalue weighted by atomic mass is 32.2. The van der Waals surface area contributed by atoms with Crippen LogP contribution in [0, 0.1) is 5.41 Å². The number of carbonyl (C=O) groups is 1. The molecule has 5 nitrogen and oxygen atoms in total. The van der Waals surface area contributed by atoms with E-state index in [1.807, 2.05) is 39.5 Å². The Balaban J connectivity index is 2.83. The first-order valence-corrected chi connectivity index (χ1v) is 9.47. The zero-order chi connectivity index (χ0) is 17.8. The number of carbonyl (C=O) groups excluding carboxylic acids is 1. The molecular formula is C17H27NO4S. The minimum atomic E-state index is -3.52. The second kappa shape index (κ2) is 7.34. The van der Waals surface area contributed by atoms with E-state index in [9.17, 15) is 13.2 Å². The van der Waals surface area contributed by atoms with Crippen LogP contribution in [0.4, 0.5) is 0 Å². The molecule has 0 radical (unpaired) electrons. The standard InChI is InChI=1S/C17H27NO4S/c1-13(2)18(16(19)11-17(3,4)5)12-14-7-9-15(10-8-14)22-23(6,20)21/h7-10,13H,11-12H2,1-6H3. The van der Waals surface area contributed by atoms with Gasteiger partial charge in [0.1, 0.15) is 5.75 Å². The summed E-state index contributed by atoms with van der Waals surface area (Å²) in [6.07, 6.45) is 1.49. The van der Waals surface area contributed by atoms with Gasteiger partial charge in [0.25, 0.3) is 0 Å². The highest BCUT2D eigenvalue weighted by Crippen LogP contribution is 2.22. The van der Waals surface area contributed by atoms with E-state index in [1.54, 1.807) is 24.3 Å². The van der Waals surface area contributed by atoms with Crippen LogP contribution in [0.3, 0.4) is 0 Å². The van der Waals surface area contributed by atoms with Crippen molar-refractivity contribution in [1.29, 1.82) is 0 Å². The number of hydrogen-bond acceptors (Lipinski definition) is 4. The van der Waals surface area contributed by atoms with Crippen LogP contribution in [-0.2, 0) is 21.5 Å². The molecule has 0 spiro atoms. The van der Waals surface area contributed by atoms with Gasteiger partial charge in [-0.1, -0.05) is 32.9 Å². The average molecular weight is 341 g/mol. The molecule has 0 saturated heterocycles. The number of hydrogen-bond donors (Lipinski definition) is 0. The smallest absolute Gasteiger partial charge is 0.306 e. The number of amides is 1.